The third-order valence-corrected chi connectivity index (χ3v) is 8.42. The molecule has 0 spiro atoms. The molecule has 0 radical (unpaired) electrons. The molecule has 2 heterocycles. The molecular formula is C29H42O9. The minimum absolute atomic E-state index is 0.247. The predicted octanol–water partition coefficient (Wildman–Crippen LogP) is 4.43. The Morgan fingerprint density at radius 1 is 1.08 bits per heavy atom. The fraction of sp³-hybridized carbons (Fsp3) is 0.724. The second-order valence-corrected chi connectivity index (χ2v) is 11.3. The van der Waals surface area contributed by atoms with Crippen LogP contribution in [0, 0.1) is 23.2 Å². The van der Waals surface area contributed by atoms with Crippen molar-refractivity contribution in [2.75, 3.05) is 7.11 Å². The highest BCUT2D eigenvalue weighted by atomic mass is 16.6. The molecule has 8 atom stereocenters. The Hall–Kier alpha value is -2.84. The number of ether oxygens (including phenoxy) is 5. The van der Waals surface area contributed by atoms with Crippen molar-refractivity contribution in [2.24, 2.45) is 23.2 Å². The molecule has 9 heteroatoms. The molecule has 1 saturated heterocycles. The SMILES string of the molecule is CCCC(=O)O[C@H]1CC[C@]2(C)C=CC([C@@H](C)C(=O)OC)=C(O2)[C@H]2[C@H](C)[C@H](OC(C)=O)C[C@H](OC(C)=O)[C@]12C. The summed E-state index contributed by atoms with van der Waals surface area (Å²) in [4.78, 5) is 49.9. The number of carbonyl (C=O) groups is 4. The van der Waals surface area contributed by atoms with Crippen molar-refractivity contribution in [1.29, 1.82) is 0 Å². The van der Waals surface area contributed by atoms with E-state index < -0.39 is 59.1 Å². The van der Waals surface area contributed by atoms with Crippen LogP contribution in [0.5, 0.6) is 0 Å². The summed E-state index contributed by atoms with van der Waals surface area (Å²) in [5.74, 6) is -2.60. The van der Waals surface area contributed by atoms with Crippen LogP contribution in [0.1, 0.15) is 80.6 Å². The van der Waals surface area contributed by atoms with Crippen LogP contribution in [-0.4, -0.2) is 54.9 Å². The van der Waals surface area contributed by atoms with Gasteiger partial charge in [0.15, 0.2) is 0 Å². The Kier molecular flexibility index (Phi) is 8.99. The molecule has 38 heavy (non-hydrogen) atoms. The molecule has 0 aromatic carbocycles. The van der Waals surface area contributed by atoms with Gasteiger partial charge in [0.2, 0.25) is 0 Å². The topological polar surface area (TPSA) is 114 Å². The summed E-state index contributed by atoms with van der Waals surface area (Å²) in [5, 5.41) is 0. The third-order valence-electron chi connectivity index (χ3n) is 8.42. The Morgan fingerprint density at radius 3 is 2.32 bits per heavy atom. The fourth-order valence-corrected chi connectivity index (χ4v) is 6.40. The zero-order chi connectivity index (χ0) is 28.4. The smallest absolute Gasteiger partial charge is 0.312 e. The number of hydrogen-bond donors (Lipinski definition) is 0. The van der Waals surface area contributed by atoms with Gasteiger partial charge in [-0.2, -0.15) is 0 Å². The fourth-order valence-electron chi connectivity index (χ4n) is 6.40. The van der Waals surface area contributed by atoms with Crippen molar-refractivity contribution in [2.45, 2.75) is 104 Å². The van der Waals surface area contributed by atoms with Crippen LogP contribution in [0.2, 0.25) is 0 Å². The molecule has 2 bridgehead atoms. The maximum atomic E-state index is 12.9. The van der Waals surface area contributed by atoms with Crippen LogP contribution in [0.25, 0.3) is 0 Å². The Morgan fingerprint density at radius 2 is 1.74 bits per heavy atom. The van der Waals surface area contributed by atoms with E-state index in [1.165, 1.54) is 21.0 Å². The molecule has 1 saturated carbocycles. The maximum Gasteiger partial charge on any atom is 0.312 e. The van der Waals surface area contributed by atoms with Gasteiger partial charge in [0.05, 0.1) is 18.4 Å². The van der Waals surface area contributed by atoms with Gasteiger partial charge < -0.3 is 23.7 Å². The van der Waals surface area contributed by atoms with Crippen LogP contribution in [-0.2, 0) is 42.9 Å². The monoisotopic (exact) mass is 534 g/mol. The van der Waals surface area contributed by atoms with Crippen molar-refractivity contribution in [3.05, 3.63) is 23.5 Å². The van der Waals surface area contributed by atoms with Crippen LogP contribution in [0.3, 0.4) is 0 Å². The van der Waals surface area contributed by atoms with E-state index in [1.54, 1.807) is 6.92 Å². The van der Waals surface area contributed by atoms with E-state index in [2.05, 4.69) is 0 Å². The first kappa shape index (κ1) is 29.7. The molecule has 9 nitrogen and oxygen atoms in total. The van der Waals surface area contributed by atoms with Gasteiger partial charge in [0.25, 0.3) is 0 Å². The molecule has 212 valence electrons. The zero-order valence-electron chi connectivity index (χ0n) is 23.8. The normalized spacial score (nSPS) is 35.0. The molecule has 2 aliphatic heterocycles. The highest BCUT2D eigenvalue weighted by Gasteiger charge is 2.62. The summed E-state index contributed by atoms with van der Waals surface area (Å²) in [7, 11) is 1.34. The van der Waals surface area contributed by atoms with Crippen LogP contribution >= 0.6 is 0 Å². The number of hydrogen-bond acceptors (Lipinski definition) is 9. The highest BCUT2D eigenvalue weighted by Crippen LogP contribution is 2.58. The van der Waals surface area contributed by atoms with E-state index >= 15 is 0 Å². The van der Waals surface area contributed by atoms with Gasteiger partial charge in [0, 0.05) is 44.1 Å². The predicted molar refractivity (Wildman–Crippen MR) is 137 cm³/mol. The van der Waals surface area contributed by atoms with E-state index in [-0.39, 0.29) is 24.7 Å². The number of carbonyl (C=O) groups excluding carboxylic acids is 4. The molecular weight excluding hydrogens is 492 g/mol. The lowest BCUT2D eigenvalue weighted by Gasteiger charge is -2.57. The van der Waals surface area contributed by atoms with E-state index in [9.17, 15) is 19.2 Å². The summed E-state index contributed by atoms with van der Waals surface area (Å²) in [5.41, 5.74) is -1.01. The number of methoxy groups -OCH3 is 1. The first-order valence-electron chi connectivity index (χ1n) is 13.5. The second kappa shape index (κ2) is 11.5. The Labute approximate surface area is 225 Å². The molecule has 0 amide bonds. The van der Waals surface area contributed by atoms with Crippen molar-refractivity contribution in [3.63, 3.8) is 0 Å². The van der Waals surface area contributed by atoms with Gasteiger partial charge in [-0.1, -0.05) is 26.8 Å². The largest absolute Gasteiger partial charge is 0.487 e. The van der Waals surface area contributed by atoms with Crippen molar-refractivity contribution < 1.29 is 42.9 Å². The summed E-state index contributed by atoms with van der Waals surface area (Å²) in [6.45, 7) is 12.2. The molecule has 3 rings (SSSR count). The molecule has 0 aromatic rings. The maximum absolute atomic E-state index is 12.9. The van der Waals surface area contributed by atoms with Crippen molar-refractivity contribution in [3.8, 4) is 0 Å². The van der Waals surface area contributed by atoms with Crippen LogP contribution in [0.4, 0.5) is 0 Å². The highest BCUT2D eigenvalue weighted by molar-refractivity contribution is 5.76. The Balaban J connectivity index is 2.29. The standard InChI is InChI=1S/C29H42O9/c1-9-10-24(32)37-22-12-14-28(6)13-11-20(16(2)27(33)34-8)26(38-28)25-17(3)21(35-18(4)30)15-23(29(22,25)7)36-19(5)31/h11,13,16-17,21-23,25H,9-10,12,14-15H2,1-8H3/t16-,17-,21-,22+,23+,25-,28+,29+/m1/s1. The van der Waals surface area contributed by atoms with E-state index in [0.29, 0.717) is 30.6 Å². The third kappa shape index (κ3) is 5.76. The lowest BCUT2D eigenvalue weighted by molar-refractivity contribution is -0.218. The molecule has 0 unspecified atom stereocenters. The minimum Gasteiger partial charge on any atom is -0.487 e. The summed E-state index contributed by atoms with van der Waals surface area (Å²) in [6.07, 6.45) is 4.05. The van der Waals surface area contributed by atoms with Gasteiger partial charge in [0.1, 0.15) is 29.7 Å². The second-order valence-electron chi connectivity index (χ2n) is 11.3. The van der Waals surface area contributed by atoms with Gasteiger partial charge >= 0.3 is 23.9 Å². The number of rotatable bonds is 7. The summed E-state index contributed by atoms with van der Waals surface area (Å²) >= 11 is 0. The average molecular weight is 535 g/mol. The quantitative estimate of drug-likeness (QED) is 0.346. The first-order chi connectivity index (χ1) is 17.8. The van der Waals surface area contributed by atoms with E-state index in [0.717, 1.165) is 0 Å². The zero-order valence-corrected chi connectivity index (χ0v) is 23.8. The van der Waals surface area contributed by atoms with Gasteiger partial charge in [-0.05, 0) is 39.2 Å². The Bertz CT molecular complexity index is 1010. The lowest BCUT2D eigenvalue weighted by atomic mass is 9.55. The molecule has 2 fully saturated rings. The number of allylic oxidation sites excluding steroid dienone is 2. The number of esters is 4. The van der Waals surface area contributed by atoms with Crippen molar-refractivity contribution >= 4 is 23.9 Å². The first-order valence-corrected chi connectivity index (χ1v) is 13.5. The van der Waals surface area contributed by atoms with Gasteiger partial charge in [-0.25, -0.2) is 0 Å². The van der Waals surface area contributed by atoms with E-state index in [4.69, 9.17) is 23.7 Å². The minimum atomic E-state index is -0.936. The molecule has 1 aliphatic carbocycles. The van der Waals surface area contributed by atoms with Gasteiger partial charge in [-0.15, -0.1) is 0 Å². The molecule has 0 aromatic heterocycles. The van der Waals surface area contributed by atoms with Crippen molar-refractivity contribution in [1.82, 2.24) is 0 Å². The lowest BCUT2D eigenvalue weighted by Crippen LogP contribution is -2.62. The number of fused-ring (bicyclic) bond motifs is 4. The van der Waals surface area contributed by atoms with E-state index in [1.807, 2.05) is 39.8 Å². The summed E-state index contributed by atoms with van der Waals surface area (Å²) in [6, 6.07) is 0. The van der Waals surface area contributed by atoms with Crippen LogP contribution in [0.15, 0.2) is 23.5 Å². The molecule has 3 aliphatic rings. The van der Waals surface area contributed by atoms with Gasteiger partial charge in [-0.3, -0.25) is 19.2 Å². The summed E-state index contributed by atoms with van der Waals surface area (Å²) < 4.78 is 29.6. The molecule has 0 N–H and O–H groups in total. The van der Waals surface area contributed by atoms with Crippen LogP contribution < -0.4 is 0 Å². The average Bonchev–Trinajstić information content (AvgIpc) is 2.83.